The molecule has 1 unspecified atom stereocenters. The summed E-state index contributed by atoms with van der Waals surface area (Å²) >= 11 is 0. The zero-order chi connectivity index (χ0) is 9.84. The van der Waals surface area contributed by atoms with Gasteiger partial charge in [-0.05, 0) is 24.7 Å². The lowest BCUT2D eigenvalue weighted by molar-refractivity contribution is -0.135. The van der Waals surface area contributed by atoms with Gasteiger partial charge in [0.05, 0.1) is 0 Å². The summed E-state index contributed by atoms with van der Waals surface area (Å²) in [5.41, 5.74) is 0. The van der Waals surface area contributed by atoms with Gasteiger partial charge in [0.25, 0.3) is 0 Å². The monoisotopic (exact) mass is 183 g/mol. The van der Waals surface area contributed by atoms with Crippen LogP contribution in [0.1, 0.15) is 40.0 Å². The fourth-order valence-corrected chi connectivity index (χ4v) is 1.97. The molecule has 1 amide bonds. The first-order valence-corrected chi connectivity index (χ1v) is 5.43. The van der Waals surface area contributed by atoms with Crippen molar-refractivity contribution in [2.75, 3.05) is 13.1 Å². The van der Waals surface area contributed by atoms with Gasteiger partial charge in [-0.15, -0.1) is 0 Å². The Morgan fingerprint density at radius 2 is 2.23 bits per heavy atom. The highest BCUT2D eigenvalue weighted by atomic mass is 16.2. The maximum atomic E-state index is 11.5. The van der Waals surface area contributed by atoms with Gasteiger partial charge in [0.15, 0.2) is 0 Å². The molecular formula is C11H21NO. The summed E-state index contributed by atoms with van der Waals surface area (Å²) in [4.78, 5) is 13.5. The molecule has 1 fully saturated rings. The minimum absolute atomic E-state index is 0.360. The van der Waals surface area contributed by atoms with Crippen LogP contribution in [0, 0.1) is 11.8 Å². The molecule has 0 N–H and O–H groups in total. The first-order chi connectivity index (χ1) is 6.15. The van der Waals surface area contributed by atoms with E-state index in [0.29, 0.717) is 11.8 Å². The molecule has 0 saturated carbocycles. The van der Waals surface area contributed by atoms with Crippen molar-refractivity contribution in [1.29, 1.82) is 0 Å². The van der Waals surface area contributed by atoms with Crippen LogP contribution >= 0.6 is 0 Å². The molecule has 1 heterocycles. The minimum atomic E-state index is 0.360. The second-order valence-electron chi connectivity index (χ2n) is 4.38. The van der Waals surface area contributed by atoms with E-state index >= 15 is 0 Å². The Balaban J connectivity index is 2.47. The fraction of sp³-hybridized carbons (Fsp3) is 0.909. The summed E-state index contributed by atoms with van der Waals surface area (Å²) in [5, 5.41) is 0. The average molecular weight is 183 g/mol. The highest BCUT2D eigenvalue weighted by Gasteiger charge is 2.26. The van der Waals surface area contributed by atoms with Gasteiger partial charge in [-0.2, -0.15) is 0 Å². The quantitative estimate of drug-likeness (QED) is 0.657. The Labute approximate surface area is 81.3 Å². The predicted octanol–water partition coefficient (Wildman–Crippen LogP) is 2.29. The number of likely N-dealkylation sites (tertiary alicyclic amines) is 1. The Hall–Kier alpha value is -0.530. The summed E-state index contributed by atoms with van der Waals surface area (Å²) in [6.45, 7) is 8.58. The molecule has 0 spiro atoms. The van der Waals surface area contributed by atoms with Crippen LogP contribution < -0.4 is 0 Å². The third kappa shape index (κ3) is 2.71. The maximum Gasteiger partial charge on any atom is 0.222 e. The Bertz CT molecular complexity index is 177. The van der Waals surface area contributed by atoms with Gasteiger partial charge in [-0.1, -0.05) is 20.8 Å². The van der Waals surface area contributed by atoms with Gasteiger partial charge < -0.3 is 4.90 Å². The van der Waals surface area contributed by atoms with Crippen LogP contribution in [0.25, 0.3) is 0 Å². The highest BCUT2D eigenvalue weighted by Crippen LogP contribution is 2.24. The van der Waals surface area contributed by atoms with Crippen LogP contribution in [0.15, 0.2) is 0 Å². The molecule has 13 heavy (non-hydrogen) atoms. The van der Waals surface area contributed by atoms with Crippen molar-refractivity contribution < 1.29 is 4.79 Å². The summed E-state index contributed by atoms with van der Waals surface area (Å²) in [6.07, 6.45) is 2.94. The van der Waals surface area contributed by atoms with Crippen LogP contribution in [0.5, 0.6) is 0 Å². The number of amides is 1. The molecule has 0 aliphatic carbocycles. The number of piperidine rings is 1. The highest BCUT2D eigenvalue weighted by molar-refractivity contribution is 5.76. The van der Waals surface area contributed by atoms with E-state index in [-0.39, 0.29) is 0 Å². The lowest BCUT2D eigenvalue weighted by Crippen LogP contribution is -2.41. The molecule has 0 aromatic heterocycles. The molecular weight excluding hydrogens is 162 g/mol. The normalized spacial score (nSPS) is 24.2. The van der Waals surface area contributed by atoms with E-state index < -0.39 is 0 Å². The summed E-state index contributed by atoms with van der Waals surface area (Å²) in [7, 11) is 0. The Morgan fingerprint density at radius 1 is 1.54 bits per heavy atom. The van der Waals surface area contributed by atoms with Crippen LogP contribution in [-0.2, 0) is 4.79 Å². The average Bonchev–Trinajstić information content (AvgIpc) is 2.08. The van der Waals surface area contributed by atoms with Gasteiger partial charge in [0.2, 0.25) is 5.91 Å². The number of hydrogen-bond donors (Lipinski definition) is 0. The van der Waals surface area contributed by atoms with Crippen LogP contribution in [0.3, 0.4) is 0 Å². The zero-order valence-corrected chi connectivity index (χ0v) is 9.05. The smallest absolute Gasteiger partial charge is 0.222 e. The molecule has 2 nitrogen and oxygen atoms in total. The molecule has 76 valence electrons. The first-order valence-electron chi connectivity index (χ1n) is 5.43. The van der Waals surface area contributed by atoms with Gasteiger partial charge >= 0.3 is 0 Å². The summed E-state index contributed by atoms with van der Waals surface area (Å²) < 4.78 is 0. The molecule has 0 aromatic carbocycles. The number of carbonyl (C=O) groups excluding carboxylic acids is 1. The molecule has 1 aliphatic heterocycles. The zero-order valence-electron chi connectivity index (χ0n) is 9.05. The fourth-order valence-electron chi connectivity index (χ4n) is 1.97. The van der Waals surface area contributed by atoms with Crippen LogP contribution in [-0.4, -0.2) is 23.9 Å². The van der Waals surface area contributed by atoms with E-state index in [1.807, 2.05) is 4.90 Å². The molecule has 0 aromatic rings. The van der Waals surface area contributed by atoms with Crippen molar-refractivity contribution in [2.24, 2.45) is 11.8 Å². The molecule has 1 rings (SSSR count). The van der Waals surface area contributed by atoms with E-state index in [4.69, 9.17) is 0 Å². The van der Waals surface area contributed by atoms with Crippen molar-refractivity contribution in [2.45, 2.75) is 40.0 Å². The standard InChI is InChI=1S/C11H21NO/c1-4-7-12-8-10(9(2)3)5-6-11(12)13/h9-10H,4-8H2,1-3H3. The molecule has 1 aliphatic rings. The first kappa shape index (κ1) is 10.6. The second kappa shape index (κ2) is 4.64. The predicted molar refractivity (Wildman–Crippen MR) is 54.4 cm³/mol. The molecule has 0 radical (unpaired) electrons. The summed E-state index contributed by atoms with van der Waals surface area (Å²) in [5.74, 6) is 1.80. The number of rotatable bonds is 3. The molecule has 2 heteroatoms. The maximum absolute atomic E-state index is 11.5. The van der Waals surface area contributed by atoms with Gasteiger partial charge in [-0.25, -0.2) is 0 Å². The second-order valence-corrected chi connectivity index (χ2v) is 4.38. The van der Waals surface area contributed by atoms with E-state index in [1.165, 1.54) is 0 Å². The number of carbonyl (C=O) groups is 1. The van der Waals surface area contributed by atoms with Gasteiger partial charge in [0.1, 0.15) is 0 Å². The largest absolute Gasteiger partial charge is 0.342 e. The van der Waals surface area contributed by atoms with E-state index in [2.05, 4.69) is 20.8 Å². The number of hydrogen-bond acceptors (Lipinski definition) is 1. The van der Waals surface area contributed by atoms with Crippen molar-refractivity contribution >= 4 is 5.91 Å². The van der Waals surface area contributed by atoms with Crippen molar-refractivity contribution in [1.82, 2.24) is 4.90 Å². The lowest BCUT2D eigenvalue weighted by Gasteiger charge is -2.34. The van der Waals surface area contributed by atoms with Crippen molar-refractivity contribution in [3.05, 3.63) is 0 Å². The van der Waals surface area contributed by atoms with E-state index in [0.717, 1.165) is 38.3 Å². The van der Waals surface area contributed by atoms with Crippen LogP contribution in [0.4, 0.5) is 0 Å². The van der Waals surface area contributed by atoms with E-state index in [1.54, 1.807) is 0 Å². The Morgan fingerprint density at radius 3 is 2.77 bits per heavy atom. The van der Waals surface area contributed by atoms with Gasteiger partial charge in [-0.3, -0.25) is 4.79 Å². The minimum Gasteiger partial charge on any atom is -0.342 e. The van der Waals surface area contributed by atoms with Gasteiger partial charge in [0, 0.05) is 19.5 Å². The number of nitrogens with zero attached hydrogens (tertiary/aromatic N) is 1. The molecule has 1 atom stereocenters. The van der Waals surface area contributed by atoms with E-state index in [9.17, 15) is 4.79 Å². The molecule has 1 saturated heterocycles. The third-order valence-corrected chi connectivity index (χ3v) is 2.97. The lowest BCUT2D eigenvalue weighted by atomic mass is 9.87. The van der Waals surface area contributed by atoms with Crippen molar-refractivity contribution in [3.63, 3.8) is 0 Å². The molecule has 0 bridgehead atoms. The van der Waals surface area contributed by atoms with Crippen LogP contribution in [0.2, 0.25) is 0 Å². The summed E-state index contributed by atoms with van der Waals surface area (Å²) in [6, 6.07) is 0. The Kier molecular flexibility index (Phi) is 3.76. The third-order valence-electron chi connectivity index (χ3n) is 2.97. The SMILES string of the molecule is CCCN1CC(C(C)C)CCC1=O. The topological polar surface area (TPSA) is 20.3 Å². The van der Waals surface area contributed by atoms with Crippen molar-refractivity contribution in [3.8, 4) is 0 Å².